The minimum atomic E-state index is -2.04. The van der Waals surface area contributed by atoms with Crippen molar-refractivity contribution < 1.29 is 38.4 Å². The molecule has 8 atom stereocenters. The number of allylic oxidation sites excluding steroid dienone is 1. The van der Waals surface area contributed by atoms with E-state index in [4.69, 9.17) is 4.74 Å². The van der Waals surface area contributed by atoms with E-state index in [2.05, 4.69) is 10.1 Å². The molecule has 3 heterocycles. The van der Waals surface area contributed by atoms with E-state index in [-0.39, 0.29) is 49.3 Å². The summed E-state index contributed by atoms with van der Waals surface area (Å²) < 4.78 is 39.5. The van der Waals surface area contributed by atoms with Gasteiger partial charge >= 0.3 is 5.97 Å². The lowest BCUT2D eigenvalue weighted by Crippen LogP contribution is -2.71. The van der Waals surface area contributed by atoms with Crippen LogP contribution in [0.3, 0.4) is 0 Å². The summed E-state index contributed by atoms with van der Waals surface area (Å²) in [6, 6.07) is 2.85. The van der Waals surface area contributed by atoms with Crippen molar-refractivity contribution in [2.45, 2.75) is 82.6 Å². The average molecular weight is 644 g/mol. The quantitative estimate of drug-likeness (QED) is 0.389. The molecule has 2 aromatic heterocycles. The van der Waals surface area contributed by atoms with Crippen molar-refractivity contribution in [3.05, 3.63) is 47.3 Å². The standard InChI is InChI=1S/C33H39F2N3O6S/c1-29-15-19-17-37-38(21-5-7-26(34)36-18-21)24(19)14-20(29)4-6-23-22-8-10-31(28(43)45-13-11-39,32(27(41)42)9-3-12-44-32)30(22,2)16-25(40)33(23,29)35/h5,7,14,17-18,22-23,25,39-40H,3-4,6,8-13,15-16H2,1-2H3,(H,41,42)/t22-,23-,25-,29-,30-,31+,32-,33-/m0/s1. The molecule has 4 aliphatic carbocycles. The maximum absolute atomic E-state index is 18.3. The summed E-state index contributed by atoms with van der Waals surface area (Å²) in [5, 5.41) is 36.5. The lowest BCUT2D eigenvalue weighted by Gasteiger charge is -2.65. The van der Waals surface area contributed by atoms with Crippen molar-refractivity contribution in [1.82, 2.24) is 14.8 Å². The van der Waals surface area contributed by atoms with Crippen LogP contribution in [0.1, 0.15) is 70.1 Å². The fourth-order valence-corrected chi connectivity index (χ4v) is 11.6. The third kappa shape index (κ3) is 3.82. The molecule has 5 aliphatic rings. The van der Waals surface area contributed by atoms with Gasteiger partial charge in [-0.25, -0.2) is 18.9 Å². The molecule has 242 valence electrons. The second-order valence-electron chi connectivity index (χ2n) is 14.0. The molecule has 7 rings (SSSR count). The molecule has 0 spiro atoms. The Morgan fingerprint density at radius 1 is 1.18 bits per heavy atom. The zero-order valence-electron chi connectivity index (χ0n) is 25.5. The zero-order valence-corrected chi connectivity index (χ0v) is 26.3. The van der Waals surface area contributed by atoms with E-state index >= 15 is 4.39 Å². The van der Waals surface area contributed by atoms with Crippen LogP contribution in [0.4, 0.5) is 8.78 Å². The minimum Gasteiger partial charge on any atom is -0.479 e. The smallest absolute Gasteiger partial charge is 0.337 e. The van der Waals surface area contributed by atoms with Crippen LogP contribution in [0.5, 0.6) is 0 Å². The molecule has 1 saturated heterocycles. The number of aromatic nitrogens is 3. The van der Waals surface area contributed by atoms with E-state index in [1.54, 1.807) is 16.9 Å². The number of alkyl halides is 1. The fraction of sp³-hybridized carbons (Fsp3) is 0.636. The van der Waals surface area contributed by atoms with Gasteiger partial charge < -0.3 is 20.1 Å². The number of hydrogen-bond acceptors (Lipinski definition) is 8. The second kappa shape index (κ2) is 10.4. The first-order valence-electron chi connectivity index (χ1n) is 15.8. The summed E-state index contributed by atoms with van der Waals surface area (Å²) in [6.45, 7) is 3.72. The molecule has 45 heavy (non-hydrogen) atoms. The molecule has 0 unspecified atom stereocenters. The lowest BCUT2D eigenvalue weighted by molar-refractivity contribution is -0.236. The molecular weight excluding hydrogens is 604 g/mol. The van der Waals surface area contributed by atoms with Gasteiger partial charge in [0.1, 0.15) is 5.67 Å². The number of rotatable bonds is 6. The number of hydrogen-bond donors (Lipinski definition) is 3. The van der Waals surface area contributed by atoms with Crippen LogP contribution in [0.2, 0.25) is 0 Å². The molecule has 9 nitrogen and oxygen atoms in total. The number of carboxylic acids is 1. The number of pyridine rings is 1. The van der Waals surface area contributed by atoms with E-state index in [9.17, 15) is 29.3 Å². The molecule has 0 bridgehead atoms. The van der Waals surface area contributed by atoms with Crippen molar-refractivity contribution in [1.29, 1.82) is 0 Å². The van der Waals surface area contributed by atoms with Gasteiger partial charge in [-0.2, -0.15) is 9.49 Å². The summed E-state index contributed by atoms with van der Waals surface area (Å²) in [5.74, 6) is -2.65. The monoisotopic (exact) mass is 643 g/mol. The van der Waals surface area contributed by atoms with Gasteiger partial charge in [0.2, 0.25) is 5.95 Å². The number of halogens is 2. The van der Waals surface area contributed by atoms with Gasteiger partial charge in [-0.15, -0.1) is 0 Å². The molecule has 2 aromatic rings. The predicted molar refractivity (Wildman–Crippen MR) is 162 cm³/mol. The highest BCUT2D eigenvalue weighted by Crippen LogP contribution is 2.75. The molecule has 12 heteroatoms. The summed E-state index contributed by atoms with van der Waals surface area (Å²) >= 11 is 0.919. The molecule has 3 N–H and O–H groups in total. The molecule has 1 aliphatic heterocycles. The van der Waals surface area contributed by atoms with Crippen LogP contribution in [0.15, 0.2) is 30.1 Å². The fourth-order valence-electron chi connectivity index (χ4n) is 10.5. The van der Waals surface area contributed by atoms with Crippen LogP contribution >= 0.6 is 11.8 Å². The number of aliphatic carboxylic acids is 1. The Hall–Kier alpha value is -2.67. The van der Waals surface area contributed by atoms with Crippen LogP contribution in [-0.2, 0) is 20.7 Å². The summed E-state index contributed by atoms with van der Waals surface area (Å²) in [6.07, 6.45) is 6.13. The van der Waals surface area contributed by atoms with Gasteiger partial charge in [-0.3, -0.25) is 4.79 Å². The normalized spacial score (nSPS) is 40.2. The Morgan fingerprint density at radius 3 is 2.64 bits per heavy atom. The average Bonchev–Trinajstić information content (AvgIpc) is 3.73. The van der Waals surface area contributed by atoms with Gasteiger partial charge in [0.15, 0.2) is 10.7 Å². The van der Waals surface area contributed by atoms with E-state index in [1.165, 1.54) is 12.3 Å². The Bertz CT molecular complexity index is 1580. The number of carbonyl (C=O) groups excluding carboxylic acids is 1. The zero-order chi connectivity index (χ0) is 32.0. The van der Waals surface area contributed by atoms with Gasteiger partial charge in [-0.05, 0) is 86.5 Å². The van der Waals surface area contributed by atoms with Crippen LogP contribution < -0.4 is 0 Å². The predicted octanol–water partition coefficient (Wildman–Crippen LogP) is 4.52. The number of ether oxygens (including phenoxy) is 1. The highest BCUT2D eigenvalue weighted by molar-refractivity contribution is 8.13. The van der Waals surface area contributed by atoms with E-state index in [0.29, 0.717) is 37.8 Å². The van der Waals surface area contributed by atoms with Crippen LogP contribution in [0, 0.1) is 34.0 Å². The highest BCUT2D eigenvalue weighted by Gasteiger charge is 2.80. The topological polar surface area (TPSA) is 135 Å². The molecule has 4 fully saturated rings. The van der Waals surface area contributed by atoms with Gasteiger partial charge in [0.25, 0.3) is 0 Å². The lowest BCUT2D eigenvalue weighted by atomic mass is 9.41. The first-order valence-corrected chi connectivity index (χ1v) is 16.8. The number of carboxylic acid groups (broad SMARTS) is 1. The first kappa shape index (κ1) is 31.0. The second-order valence-corrected chi connectivity index (χ2v) is 15.1. The summed E-state index contributed by atoms with van der Waals surface area (Å²) in [5.41, 5.74) is -4.37. The number of carbonyl (C=O) groups is 2. The number of fused-ring (bicyclic) bond motifs is 6. The van der Waals surface area contributed by atoms with Crippen LogP contribution in [-0.4, -0.2) is 77.5 Å². The van der Waals surface area contributed by atoms with E-state index < -0.39 is 51.5 Å². The van der Waals surface area contributed by atoms with Crippen molar-refractivity contribution >= 4 is 28.9 Å². The molecule has 3 saturated carbocycles. The minimum absolute atomic E-state index is 0.0787. The highest BCUT2D eigenvalue weighted by atomic mass is 32.2. The van der Waals surface area contributed by atoms with Gasteiger partial charge in [0.05, 0.1) is 41.9 Å². The largest absolute Gasteiger partial charge is 0.479 e. The maximum Gasteiger partial charge on any atom is 0.337 e. The van der Waals surface area contributed by atoms with Gasteiger partial charge in [0, 0.05) is 23.7 Å². The maximum atomic E-state index is 18.3. The van der Waals surface area contributed by atoms with Crippen molar-refractivity contribution in [3.8, 4) is 5.69 Å². The van der Waals surface area contributed by atoms with Crippen molar-refractivity contribution in [2.24, 2.45) is 28.1 Å². The van der Waals surface area contributed by atoms with Crippen molar-refractivity contribution in [3.63, 3.8) is 0 Å². The third-order valence-electron chi connectivity index (χ3n) is 12.5. The number of thioether (sulfide) groups is 1. The Kier molecular flexibility index (Phi) is 7.17. The molecular formula is C33H39F2N3O6S. The Labute approximate surface area is 264 Å². The summed E-state index contributed by atoms with van der Waals surface area (Å²) in [4.78, 5) is 31.1. The number of aliphatic hydroxyl groups excluding tert-OH is 2. The van der Waals surface area contributed by atoms with Gasteiger partial charge in [-0.1, -0.05) is 31.2 Å². The first-order chi connectivity index (χ1) is 21.4. The summed E-state index contributed by atoms with van der Waals surface area (Å²) in [7, 11) is 0. The Balaban J connectivity index is 1.30. The SMILES string of the molecule is C[C@]12Cc3cnn(-c4ccc(F)nc4)c3C=C1CC[C@H]1[C@@H]3CC[C@](C(=O)SCCO)([C@@]4(C(=O)O)CCCO4)[C@@]3(C)C[C@H](O)[C@@]12F. The number of nitrogens with zero attached hydrogens (tertiary/aromatic N) is 3. The van der Waals surface area contributed by atoms with E-state index in [1.807, 2.05) is 19.9 Å². The van der Waals surface area contributed by atoms with Crippen LogP contribution in [0.25, 0.3) is 11.8 Å². The molecule has 0 radical (unpaired) electrons. The number of aliphatic hydroxyl groups is 2. The third-order valence-corrected chi connectivity index (χ3v) is 13.5. The Morgan fingerprint density at radius 2 is 1.98 bits per heavy atom. The molecule has 0 aromatic carbocycles. The molecule has 0 amide bonds. The van der Waals surface area contributed by atoms with E-state index in [0.717, 1.165) is 28.6 Å². The van der Waals surface area contributed by atoms with Crippen molar-refractivity contribution in [2.75, 3.05) is 19.0 Å².